The Kier molecular flexibility index (Phi) is 19.0. The van der Waals surface area contributed by atoms with Crippen LogP contribution in [0.25, 0.3) is 16.7 Å². The average Bonchev–Trinajstić information content (AvgIpc) is 3.33. The highest BCUT2D eigenvalue weighted by Gasteiger charge is 2.16. The van der Waals surface area contributed by atoms with Crippen LogP contribution in [0.2, 0.25) is 0 Å². The maximum Gasteiger partial charge on any atom is -0.00754 e. The van der Waals surface area contributed by atoms with E-state index in [0.29, 0.717) is 17.8 Å². The van der Waals surface area contributed by atoms with E-state index in [-0.39, 0.29) is 0 Å². The van der Waals surface area contributed by atoms with E-state index in [1.165, 1.54) is 39.0 Å². The molecule has 1 aromatic rings. The van der Waals surface area contributed by atoms with Crippen LogP contribution in [-0.2, 0) is 0 Å². The predicted octanol–water partition coefficient (Wildman–Crippen LogP) is 12.6. The molecule has 0 N–H and O–H groups in total. The minimum atomic E-state index is 0.473. The van der Waals surface area contributed by atoms with E-state index in [2.05, 4.69) is 107 Å². The van der Waals surface area contributed by atoms with Crippen molar-refractivity contribution < 1.29 is 0 Å². The summed E-state index contributed by atoms with van der Waals surface area (Å²) >= 11 is 0. The zero-order valence-corrected chi connectivity index (χ0v) is 26.9. The van der Waals surface area contributed by atoms with E-state index in [9.17, 15) is 0 Å². The van der Waals surface area contributed by atoms with Gasteiger partial charge in [-0.05, 0) is 95.0 Å². The van der Waals surface area contributed by atoms with Gasteiger partial charge in [0.15, 0.2) is 0 Å². The molecule has 0 fully saturated rings. The van der Waals surface area contributed by atoms with Crippen LogP contribution in [0.5, 0.6) is 0 Å². The number of allylic oxidation sites excluding steroid dienone is 14. The SMILES string of the molecule is CC.CC.CC.CC.Cc1c(C2=CC=CC(C)C=C2)cc(C2=CCC(C)CC=C2)cc1C1=CCC(C)C=C1. The highest BCUT2D eigenvalue weighted by molar-refractivity contribution is 5.88. The van der Waals surface area contributed by atoms with Crippen LogP contribution < -0.4 is 0 Å². The molecule has 0 bridgehead atoms. The monoisotopic (exact) mass is 514 g/mol. The lowest BCUT2D eigenvalue weighted by atomic mass is 9.85. The first-order chi connectivity index (χ1) is 18.5. The van der Waals surface area contributed by atoms with Crippen LogP contribution in [0.1, 0.15) is 118 Å². The summed E-state index contributed by atoms with van der Waals surface area (Å²) in [6, 6.07) is 4.82. The van der Waals surface area contributed by atoms with Crippen molar-refractivity contribution in [3.05, 3.63) is 101 Å². The van der Waals surface area contributed by atoms with Crippen molar-refractivity contribution >= 4 is 16.7 Å². The average molecular weight is 515 g/mol. The molecule has 3 atom stereocenters. The smallest absolute Gasteiger partial charge is 0.00754 e. The van der Waals surface area contributed by atoms with E-state index in [0.717, 1.165) is 19.3 Å². The fourth-order valence-electron chi connectivity index (χ4n) is 4.43. The fourth-order valence-corrected chi connectivity index (χ4v) is 4.43. The highest BCUT2D eigenvalue weighted by atomic mass is 14.2. The molecule has 0 aliphatic heterocycles. The number of rotatable bonds is 3. The van der Waals surface area contributed by atoms with Gasteiger partial charge < -0.3 is 0 Å². The van der Waals surface area contributed by atoms with Gasteiger partial charge in [-0.3, -0.25) is 0 Å². The molecular formula is C38H58. The molecule has 0 amide bonds. The Morgan fingerprint density at radius 2 is 1.18 bits per heavy atom. The Labute approximate surface area is 237 Å². The zero-order valence-electron chi connectivity index (χ0n) is 26.9. The van der Waals surface area contributed by atoms with E-state index < -0.39 is 0 Å². The van der Waals surface area contributed by atoms with Gasteiger partial charge in [-0.2, -0.15) is 0 Å². The van der Waals surface area contributed by atoms with E-state index >= 15 is 0 Å². The van der Waals surface area contributed by atoms with Gasteiger partial charge in [0.1, 0.15) is 0 Å². The number of hydrogen-bond donors (Lipinski definition) is 0. The molecule has 0 saturated heterocycles. The van der Waals surface area contributed by atoms with Crippen molar-refractivity contribution in [1.82, 2.24) is 0 Å². The van der Waals surface area contributed by atoms with Crippen molar-refractivity contribution in [1.29, 1.82) is 0 Å². The van der Waals surface area contributed by atoms with Crippen LogP contribution in [-0.4, -0.2) is 0 Å². The van der Waals surface area contributed by atoms with Crippen molar-refractivity contribution in [3.8, 4) is 0 Å². The molecule has 4 rings (SSSR count). The highest BCUT2D eigenvalue weighted by Crippen LogP contribution is 2.36. The number of hydrogen-bond acceptors (Lipinski definition) is 0. The molecule has 0 aromatic heterocycles. The Bertz CT molecular complexity index is 1020. The van der Waals surface area contributed by atoms with Gasteiger partial charge in [0.2, 0.25) is 0 Å². The second-order valence-electron chi connectivity index (χ2n) is 9.29. The quantitative estimate of drug-likeness (QED) is 0.376. The first kappa shape index (κ1) is 35.4. The van der Waals surface area contributed by atoms with Crippen molar-refractivity contribution in [2.45, 2.75) is 102 Å². The van der Waals surface area contributed by atoms with Crippen molar-refractivity contribution in [3.63, 3.8) is 0 Å². The predicted molar refractivity (Wildman–Crippen MR) is 178 cm³/mol. The van der Waals surface area contributed by atoms with E-state index in [1.807, 2.05) is 55.4 Å². The van der Waals surface area contributed by atoms with Gasteiger partial charge in [0.25, 0.3) is 0 Å². The standard InChI is InChI=1S/C30H34.4C2H6/c1-21-7-5-9-25(15-11-21)28-19-29(26-10-6-8-22(2)12-16-26)24(4)30(20-28)27-17-13-23(3)14-18-27;4*1-2/h5-6,8-10,12-13,15-23H,7,11,14H2,1-4H3;4*1-2H3. The summed E-state index contributed by atoms with van der Waals surface area (Å²) in [6.07, 6.45) is 28.9. The second-order valence-corrected chi connectivity index (χ2v) is 9.29. The molecule has 0 nitrogen and oxygen atoms in total. The molecule has 0 spiro atoms. The van der Waals surface area contributed by atoms with Crippen LogP contribution in [0.4, 0.5) is 0 Å². The fraction of sp³-hybridized carbons (Fsp3) is 0.474. The van der Waals surface area contributed by atoms with Crippen LogP contribution in [0.15, 0.2) is 79.0 Å². The Morgan fingerprint density at radius 1 is 0.605 bits per heavy atom. The molecule has 0 radical (unpaired) electrons. The molecule has 0 heterocycles. The molecule has 0 saturated carbocycles. The lowest BCUT2D eigenvalue weighted by Gasteiger charge is -2.19. The maximum absolute atomic E-state index is 2.43. The summed E-state index contributed by atoms with van der Waals surface area (Å²) in [5, 5.41) is 0. The molecule has 210 valence electrons. The maximum atomic E-state index is 2.43. The summed E-state index contributed by atoms with van der Waals surface area (Å²) in [4.78, 5) is 0. The third-order valence-corrected chi connectivity index (χ3v) is 6.52. The molecule has 3 unspecified atom stereocenters. The second kappa shape index (κ2) is 20.4. The van der Waals surface area contributed by atoms with E-state index in [4.69, 9.17) is 0 Å². The third-order valence-electron chi connectivity index (χ3n) is 6.52. The molecule has 3 aliphatic carbocycles. The molecule has 3 aliphatic rings. The van der Waals surface area contributed by atoms with Crippen LogP contribution >= 0.6 is 0 Å². The molecule has 38 heavy (non-hydrogen) atoms. The van der Waals surface area contributed by atoms with Gasteiger partial charge in [-0.1, -0.05) is 143 Å². The van der Waals surface area contributed by atoms with Gasteiger partial charge in [0.05, 0.1) is 0 Å². The lowest BCUT2D eigenvalue weighted by Crippen LogP contribution is -2.00. The minimum Gasteiger partial charge on any atom is -0.0837 e. The number of benzene rings is 1. The Hall–Kier alpha value is -2.60. The van der Waals surface area contributed by atoms with Gasteiger partial charge >= 0.3 is 0 Å². The van der Waals surface area contributed by atoms with Crippen LogP contribution in [0, 0.1) is 24.7 Å². The zero-order chi connectivity index (χ0) is 29.1. The van der Waals surface area contributed by atoms with Gasteiger partial charge in [-0.15, -0.1) is 0 Å². The van der Waals surface area contributed by atoms with Crippen molar-refractivity contribution in [2.24, 2.45) is 17.8 Å². The van der Waals surface area contributed by atoms with Crippen molar-refractivity contribution in [2.75, 3.05) is 0 Å². The molecule has 0 heteroatoms. The van der Waals surface area contributed by atoms with Gasteiger partial charge in [0, 0.05) is 0 Å². The first-order valence-corrected chi connectivity index (χ1v) is 15.5. The lowest BCUT2D eigenvalue weighted by molar-refractivity contribution is 0.607. The largest absolute Gasteiger partial charge is 0.0837 e. The van der Waals surface area contributed by atoms with E-state index in [1.54, 1.807) is 0 Å². The third kappa shape index (κ3) is 10.6. The molecular weight excluding hydrogens is 456 g/mol. The topological polar surface area (TPSA) is 0 Å². The Morgan fingerprint density at radius 3 is 1.79 bits per heavy atom. The summed E-state index contributed by atoms with van der Waals surface area (Å²) in [5.41, 5.74) is 9.44. The summed E-state index contributed by atoms with van der Waals surface area (Å²) in [5.74, 6) is 1.82. The normalized spacial score (nSPS) is 21.2. The summed E-state index contributed by atoms with van der Waals surface area (Å²) in [7, 11) is 0. The Balaban J connectivity index is 0.00000157. The molecule has 1 aromatic carbocycles. The van der Waals surface area contributed by atoms with Gasteiger partial charge in [-0.25, -0.2) is 0 Å². The van der Waals surface area contributed by atoms with Crippen LogP contribution in [0.3, 0.4) is 0 Å². The summed E-state index contributed by atoms with van der Waals surface area (Å²) < 4.78 is 0. The minimum absolute atomic E-state index is 0.473. The summed E-state index contributed by atoms with van der Waals surface area (Å²) in [6.45, 7) is 25.1. The first-order valence-electron chi connectivity index (χ1n) is 15.5.